The van der Waals surface area contributed by atoms with E-state index in [0.717, 1.165) is 42.7 Å². The number of imidazole rings is 1. The molecule has 0 spiro atoms. The number of rotatable bonds is 5. The Morgan fingerprint density at radius 2 is 2.06 bits per heavy atom. The quantitative estimate of drug-likeness (QED) is 0.627. The van der Waals surface area contributed by atoms with Gasteiger partial charge in [-0.25, -0.2) is 4.98 Å². The van der Waals surface area contributed by atoms with Crippen molar-refractivity contribution < 1.29 is 9.59 Å². The van der Waals surface area contributed by atoms with Crippen LogP contribution in [-0.4, -0.2) is 38.9 Å². The lowest BCUT2D eigenvalue weighted by Gasteiger charge is -2.36. The molecule has 1 aliphatic heterocycles. The lowest BCUT2D eigenvalue weighted by molar-refractivity contribution is 0.0566. The van der Waals surface area contributed by atoms with Gasteiger partial charge in [-0.1, -0.05) is 32.3 Å². The highest BCUT2D eigenvalue weighted by Gasteiger charge is 2.33. The van der Waals surface area contributed by atoms with Gasteiger partial charge in [-0.15, -0.1) is 11.3 Å². The molecule has 1 aliphatic carbocycles. The van der Waals surface area contributed by atoms with Crippen molar-refractivity contribution in [1.29, 1.82) is 0 Å². The Morgan fingerprint density at radius 3 is 2.81 bits per heavy atom. The van der Waals surface area contributed by atoms with E-state index in [1.54, 1.807) is 11.3 Å². The fraction of sp³-hybridized carbons (Fsp3) is 0.458. The van der Waals surface area contributed by atoms with Crippen molar-refractivity contribution >= 4 is 34.2 Å². The third-order valence-electron chi connectivity index (χ3n) is 6.64. The predicted octanol–water partition coefficient (Wildman–Crippen LogP) is 4.77. The summed E-state index contributed by atoms with van der Waals surface area (Å²) in [6, 6.07) is 9.99. The van der Waals surface area contributed by atoms with E-state index < -0.39 is 0 Å². The second kappa shape index (κ2) is 8.46. The van der Waals surface area contributed by atoms with Crippen LogP contribution in [0.15, 0.2) is 35.7 Å². The average molecular weight is 437 g/mol. The van der Waals surface area contributed by atoms with Crippen LogP contribution in [0.3, 0.4) is 0 Å². The molecule has 7 heteroatoms. The molecule has 1 saturated carbocycles. The standard InChI is InChI=1S/C24H28N4O2S/c1-2-18(21-9-6-14-31-21)26-23(29)16-10-11-20-19(15-16)25-22-24(30)27(12-13-28(20)22)17-7-4-3-5-8-17/h6,9-11,14-15,17-18H,2-5,7-8,12-13H2,1H3,(H,26,29)/t18-/m1/s1. The number of hydrogen-bond acceptors (Lipinski definition) is 4. The molecule has 1 N–H and O–H groups in total. The summed E-state index contributed by atoms with van der Waals surface area (Å²) in [5.74, 6) is 0.432. The molecular formula is C24H28N4O2S. The van der Waals surface area contributed by atoms with Gasteiger partial charge in [-0.2, -0.15) is 0 Å². The number of hydrogen-bond donors (Lipinski definition) is 1. The second-order valence-electron chi connectivity index (χ2n) is 8.53. The molecule has 1 aromatic carbocycles. The zero-order valence-electron chi connectivity index (χ0n) is 17.8. The second-order valence-corrected chi connectivity index (χ2v) is 9.51. The first-order valence-electron chi connectivity index (χ1n) is 11.3. The average Bonchev–Trinajstić information content (AvgIpc) is 3.46. The number of nitrogens with one attached hydrogen (secondary N) is 1. The Kier molecular flexibility index (Phi) is 5.52. The van der Waals surface area contributed by atoms with E-state index in [0.29, 0.717) is 22.9 Å². The fourth-order valence-electron chi connectivity index (χ4n) is 4.94. The van der Waals surface area contributed by atoms with Crippen molar-refractivity contribution in [2.45, 2.75) is 64.1 Å². The SMILES string of the molecule is CC[C@@H](NC(=O)c1ccc2c(c1)nc1n2CCN(C2CCCCC2)C1=O)c1cccs1. The molecule has 1 atom stereocenters. The number of nitrogens with zero attached hydrogens (tertiary/aromatic N) is 3. The Morgan fingerprint density at radius 1 is 1.23 bits per heavy atom. The normalized spacial score (nSPS) is 18.2. The molecule has 5 rings (SSSR count). The van der Waals surface area contributed by atoms with Crippen molar-refractivity contribution in [1.82, 2.24) is 19.8 Å². The lowest BCUT2D eigenvalue weighted by atomic mass is 9.94. The molecule has 1 fully saturated rings. The number of amides is 2. The summed E-state index contributed by atoms with van der Waals surface area (Å²) in [5, 5.41) is 5.16. The third-order valence-corrected chi connectivity index (χ3v) is 7.63. The smallest absolute Gasteiger partial charge is 0.290 e. The van der Waals surface area contributed by atoms with Gasteiger partial charge in [0.05, 0.1) is 17.1 Å². The van der Waals surface area contributed by atoms with Gasteiger partial charge in [-0.3, -0.25) is 9.59 Å². The van der Waals surface area contributed by atoms with Gasteiger partial charge in [0.1, 0.15) is 0 Å². The summed E-state index contributed by atoms with van der Waals surface area (Å²) < 4.78 is 2.01. The van der Waals surface area contributed by atoms with Gasteiger partial charge in [0.2, 0.25) is 0 Å². The van der Waals surface area contributed by atoms with Crippen LogP contribution in [0.1, 0.15) is 77.3 Å². The molecule has 3 aromatic rings. The minimum absolute atomic E-state index is 0.00373. The van der Waals surface area contributed by atoms with Crippen molar-refractivity contribution in [3.8, 4) is 0 Å². The maximum Gasteiger partial charge on any atom is 0.290 e. The van der Waals surface area contributed by atoms with Crippen molar-refractivity contribution in [2.75, 3.05) is 6.54 Å². The number of benzene rings is 1. The van der Waals surface area contributed by atoms with Crippen molar-refractivity contribution in [3.63, 3.8) is 0 Å². The summed E-state index contributed by atoms with van der Waals surface area (Å²) in [7, 11) is 0. The van der Waals surface area contributed by atoms with Crippen LogP contribution in [0.5, 0.6) is 0 Å². The van der Waals surface area contributed by atoms with Crippen LogP contribution in [0.25, 0.3) is 11.0 Å². The van der Waals surface area contributed by atoms with Crippen LogP contribution in [-0.2, 0) is 6.54 Å². The molecular weight excluding hydrogens is 408 g/mol. The molecule has 31 heavy (non-hydrogen) atoms. The highest BCUT2D eigenvalue weighted by atomic mass is 32.1. The molecule has 0 saturated heterocycles. The van der Waals surface area contributed by atoms with Gasteiger partial charge in [0.15, 0.2) is 5.82 Å². The largest absolute Gasteiger partial charge is 0.344 e. The molecule has 2 amide bonds. The van der Waals surface area contributed by atoms with Crippen LogP contribution < -0.4 is 5.32 Å². The first kappa shape index (κ1) is 20.2. The first-order valence-corrected chi connectivity index (χ1v) is 12.2. The van der Waals surface area contributed by atoms with Crippen LogP contribution in [0.4, 0.5) is 0 Å². The molecule has 6 nitrogen and oxygen atoms in total. The van der Waals surface area contributed by atoms with Gasteiger partial charge in [-0.05, 0) is 48.9 Å². The minimum Gasteiger partial charge on any atom is -0.344 e. The van der Waals surface area contributed by atoms with E-state index >= 15 is 0 Å². The summed E-state index contributed by atoms with van der Waals surface area (Å²) in [6.07, 6.45) is 6.70. The summed E-state index contributed by atoms with van der Waals surface area (Å²) in [5.41, 5.74) is 2.22. The van der Waals surface area contributed by atoms with Gasteiger partial charge < -0.3 is 14.8 Å². The van der Waals surface area contributed by atoms with Crippen LogP contribution in [0.2, 0.25) is 0 Å². The third kappa shape index (κ3) is 3.76. The highest BCUT2D eigenvalue weighted by molar-refractivity contribution is 7.10. The molecule has 2 aromatic heterocycles. The minimum atomic E-state index is -0.108. The molecule has 0 bridgehead atoms. The van der Waals surface area contributed by atoms with E-state index in [2.05, 4.69) is 23.3 Å². The number of aromatic nitrogens is 2. The van der Waals surface area contributed by atoms with Crippen LogP contribution in [0, 0.1) is 0 Å². The lowest BCUT2D eigenvalue weighted by Crippen LogP contribution is -2.47. The summed E-state index contributed by atoms with van der Waals surface area (Å²) in [6.45, 7) is 3.57. The molecule has 0 unspecified atom stereocenters. The number of carbonyl (C=O) groups is 2. The maximum atomic E-state index is 13.2. The Bertz CT molecular complexity index is 1100. The van der Waals surface area contributed by atoms with E-state index in [1.165, 1.54) is 19.3 Å². The molecule has 3 heterocycles. The Balaban J connectivity index is 1.39. The first-order chi connectivity index (χ1) is 15.2. The van der Waals surface area contributed by atoms with E-state index in [1.807, 2.05) is 39.1 Å². The predicted molar refractivity (Wildman–Crippen MR) is 122 cm³/mol. The molecule has 162 valence electrons. The molecule has 0 radical (unpaired) electrons. The van der Waals surface area contributed by atoms with Crippen molar-refractivity contribution in [3.05, 3.63) is 52.0 Å². The number of thiophene rings is 1. The van der Waals surface area contributed by atoms with Gasteiger partial charge in [0.25, 0.3) is 11.8 Å². The topological polar surface area (TPSA) is 67.2 Å². The Labute approximate surface area is 186 Å². The van der Waals surface area contributed by atoms with Gasteiger partial charge >= 0.3 is 0 Å². The van der Waals surface area contributed by atoms with Gasteiger partial charge in [0, 0.05) is 29.6 Å². The van der Waals surface area contributed by atoms with Crippen LogP contribution >= 0.6 is 11.3 Å². The van der Waals surface area contributed by atoms with Crippen molar-refractivity contribution in [2.24, 2.45) is 0 Å². The summed E-state index contributed by atoms with van der Waals surface area (Å²) in [4.78, 5) is 33.9. The monoisotopic (exact) mass is 436 g/mol. The zero-order valence-corrected chi connectivity index (χ0v) is 18.7. The summed E-state index contributed by atoms with van der Waals surface area (Å²) >= 11 is 1.65. The molecule has 2 aliphatic rings. The maximum absolute atomic E-state index is 13.2. The zero-order chi connectivity index (χ0) is 21.4. The van der Waals surface area contributed by atoms with E-state index in [9.17, 15) is 9.59 Å². The number of fused-ring (bicyclic) bond motifs is 3. The highest BCUT2D eigenvalue weighted by Crippen LogP contribution is 2.28. The van der Waals surface area contributed by atoms with E-state index in [-0.39, 0.29) is 17.9 Å². The number of carbonyl (C=O) groups excluding carboxylic acids is 2. The fourth-order valence-corrected chi connectivity index (χ4v) is 5.81. The Hall–Kier alpha value is -2.67. The van der Waals surface area contributed by atoms with E-state index in [4.69, 9.17) is 0 Å².